The normalized spacial score (nSPS) is 15.3. The molecule has 2 N–H and O–H groups in total. The molecule has 0 bridgehead atoms. The number of benzene rings is 3. The molecule has 0 spiro atoms. The van der Waals surface area contributed by atoms with Gasteiger partial charge in [-0.25, -0.2) is 4.21 Å². The van der Waals surface area contributed by atoms with Crippen LogP contribution in [0.2, 0.25) is 10.0 Å². The minimum Gasteiger partial charge on any atom is -0.351 e. The zero-order valence-corrected chi connectivity index (χ0v) is 23.6. The van der Waals surface area contributed by atoms with Gasteiger partial charge in [-0.15, -0.1) is 0 Å². The van der Waals surface area contributed by atoms with Gasteiger partial charge in [0.15, 0.2) is 11.1 Å². The number of likely N-dealkylation sites (N-methyl/N-ethyl adjacent to an activating group) is 1. The highest BCUT2D eigenvalue weighted by atomic mass is 35.5. The van der Waals surface area contributed by atoms with Crippen LogP contribution in [0, 0.1) is 0 Å². The molecule has 1 aliphatic heterocycles. The molecule has 1 amide bonds. The summed E-state index contributed by atoms with van der Waals surface area (Å²) in [5.74, 6) is -0.201. The molecule has 2 atom stereocenters. The monoisotopic (exact) mass is 571 g/mol. The van der Waals surface area contributed by atoms with E-state index < -0.39 is 16.3 Å². The van der Waals surface area contributed by atoms with Gasteiger partial charge in [-0.1, -0.05) is 65.7 Å². The number of halogens is 2. The first-order valence-electron chi connectivity index (χ1n) is 12.3. The van der Waals surface area contributed by atoms with Gasteiger partial charge in [0.1, 0.15) is 5.25 Å². The Morgan fingerprint density at radius 3 is 2.11 bits per heavy atom. The molecule has 0 saturated carbocycles. The number of carbonyl (C=O) groups is 1. The molecular weight excluding hydrogens is 541 g/mol. The summed E-state index contributed by atoms with van der Waals surface area (Å²) >= 11 is 10.1. The van der Waals surface area contributed by atoms with Crippen LogP contribution in [0.25, 0.3) is 0 Å². The Bertz CT molecular complexity index is 1260. The maximum atomic E-state index is 12.6. The lowest BCUT2D eigenvalue weighted by atomic mass is 9.92. The SMILES string of the molecule is CN(C)CCNC(=O)c1cccc(C(C=C2CN(C(c3ccc(Cl)cc3)c3ccc(Cl)cc3)C2)S(=O)O)c1. The number of likely N-dealkylation sites (tertiary alicyclic amines) is 1. The minimum atomic E-state index is -2.14. The van der Waals surface area contributed by atoms with E-state index in [1.807, 2.05) is 73.6 Å². The first-order chi connectivity index (χ1) is 18.2. The molecule has 1 fully saturated rings. The summed E-state index contributed by atoms with van der Waals surface area (Å²) in [6.07, 6.45) is 1.86. The Morgan fingerprint density at radius 1 is 1.00 bits per heavy atom. The van der Waals surface area contributed by atoms with Crippen LogP contribution in [-0.2, 0) is 11.1 Å². The van der Waals surface area contributed by atoms with Crippen molar-refractivity contribution in [1.82, 2.24) is 15.1 Å². The lowest BCUT2D eigenvalue weighted by Gasteiger charge is -2.41. The average Bonchev–Trinajstić information content (AvgIpc) is 2.86. The van der Waals surface area contributed by atoms with E-state index in [2.05, 4.69) is 10.2 Å². The molecule has 1 aliphatic rings. The second-order valence-corrected chi connectivity index (χ2v) is 11.6. The van der Waals surface area contributed by atoms with E-state index in [1.54, 1.807) is 24.3 Å². The Morgan fingerprint density at radius 2 is 1.58 bits per heavy atom. The number of rotatable bonds is 10. The lowest BCUT2D eigenvalue weighted by Crippen LogP contribution is -2.43. The first-order valence-corrected chi connectivity index (χ1v) is 14.2. The predicted octanol–water partition coefficient (Wildman–Crippen LogP) is 5.58. The Hall–Kier alpha value is -2.52. The first kappa shape index (κ1) is 28.5. The van der Waals surface area contributed by atoms with E-state index in [-0.39, 0.29) is 11.9 Å². The summed E-state index contributed by atoms with van der Waals surface area (Å²) in [4.78, 5) is 16.9. The van der Waals surface area contributed by atoms with Gasteiger partial charge in [0.05, 0.1) is 6.04 Å². The molecule has 0 aliphatic carbocycles. The molecular formula is C29H31Cl2N3O3S. The fraction of sp³-hybridized carbons (Fsp3) is 0.276. The van der Waals surface area contributed by atoms with Crippen molar-refractivity contribution < 1.29 is 13.6 Å². The van der Waals surface area contributed by atoms with Crippen molar-refractivity contribution in [3.63, 3.8) is 0 Å². The van der Waals surface area contributed by atoms with E-state index in [0.717, 1.165) is 23.2 Å². The second-order valence-electron chi connectivity index (χ2n) is 9.62. The fourth-order valence-corrected chi connectivity index (χ4v) is 5.44. The number of nitrogens with zero attached hydrogens (tertiary/aromatic N) is 2. The van der Waals surface area contributed by atoms with Crippen LogP contribution in [0.3, 0.4) is 0 Å². The maximum absolute atomic E-state index is 12.6. The zero-order valence-electron chi connectivity index (χ0n) is 21.3. The van der Waals surface area contributed by atoms with Crippen LogP contribution in [0.4, 0.5) is 0 Å². The Labute approximate surface area is 236 Å². The summed E-state index contributed by atoms with van der Waals surface area (Å²) < 4.78 is 22.5. The van der Waals surface area contributed by atoms with Gasteiger partial charge in [-0.05, 0) is 72.8 Å². The zero-order chi connectivity index (χ0) is 27.2. The van der Waals surface area contributed by atoms with Crippen molar-refractivity contribution >= 4 is 40.2 Å². The average molecular weight is 573 g/mol. The van der Waals surface area contributed by atoms with Crippen molar-refractivity contribution in [1.29, 1.82) is 0 Å². The standard InChI is InChI=1S/C29H31Cl2N3O3S/c1-33(2)15-14-32-29(35)24-5-3-4-23(17-24)27(38(36)37)16-20-18-34(19-20)28(21-6-10-25(30)11-7-21)22-8-12-26(31)13-9-22/h3-13,16-17,27-28H,14-15,18-19H2,1-2H3,(H,32,35)(H,36,37). The van der Waals surface area contributed by atoms with Gasteiger partial charge in [-0.3, -0.25) is 9.69 Å². The smallest absolute Gasteiger partial charge is 0.251 e. The molecule has 3 aromatic rings. The molecule has 3 aromatic carbocycles. The molecule has 4 rings (SSSR count). The second kappa shape index (κ2) is 13.0. The molecule has 9 heteroatoms. The third-order valence-electron chi connectivity index (χ3n) is 6.48. The molecule has 1 heterocycles. The molecule has 200 valence electrons. The van der Waals surface area contributed by atoms with Crippen LogP contribution < -0.4 is 5.32 Å². The van der Waals surface area contributed by atoms with Crippen LogP contribution >= 0.6 is 23.2 Å². The predicted molar refractivity (Wildman–Crippen MR) is 155 cm³/mol. The van der Waals surface area contributed by atoms with E-state index in [9.17, 15) is 13.6 Å². The van der Waals surface area contributed by atoms with Crippen LogP contribution in [0.15, 0.2) is 84.4 Å². The largest absolute Gasteiger partial charge is 0.351 e. The fourth-order valence-electron chi connectivity index (χ4n) is 4.50. The van der Waals surface area contributed by atoms with Crippen molar-refractivity contribution in [2.75, 3.05) is 40.3 Å². The number of hydrogen-bond donors (Lipinski definition) is 2. The van der Waals surface area contributed by atoms with E-state index >= 15 is 0 Å². The lowest BCUT2D eigenvalue weighted by molar-refractivity contribution is 0.0951. The van der Waals surface area contributed by atoms with Gasteiger partial charge < -0.3 is 14.8 Å². The van der Waals surface area contributed by atoms with Gasteiger partial charge in [0.2, 0.25) is 0 Å². The summed E-state index contributed by atoms with van der Waals surface area (Å²) in [5.41, 5.74) is 4.36. The van der Waals surface area contributed by atoms with E-state index in [4.69, 9.17) is 23.2 Å². The Balaban J connectivity index is 1.51. The van der Waals surface area contributed by atoms with Crippen molar-refractivity contribution in [2.24, 2.45) is 0 Å². The highest BCUT2D eigenvalue weighted by Crippen LogP contribution is 2.36. The molecule has 0 aromatic heterocycles. The molecule has 2 unspecified atom stereocenters. The van der Waals surface area contributed by atoms with Gasteiger partial charge in [0.25, 0.3) is 5.91 Å². The third-order valence-corrected chi connectivity index (χ3v) is 7.82. The number of nitrogens with one attached hydrogen (secondary N) is 1. The van der Waals surface area contributed by atoms with Crippen LogP contribution in [0.1, 0.15) is 38.3 Å². The van der Waals surface area contributed by atoms with E-state index in [1.165, 1.54) is 0 Å². The highest BCUT2D eigenvalue weighted by molar-refractivity contribution is 7.79. The summed E-state index contributed by atoms with van der Waals surface area (Å²) in [6.45, 7) is 2.54. The topological polar surface area (TPSA) is 72.9 Å². The van der Waals surface area contributed by atoms with Crippen LogP contribution in [0.5, 0.6) is 0 Å². The Kier molecular flexibility index (Phi) is 9.76. The van der Waals surface area contributed by atoms with Crippen molar-refractivity contribution in [2.45, 2.75) is 11.3 Å². The molecule has 38 heavy (non-hydrogen) atoms. The quantitative estimate of drug-likeness (QED) is 0.245. The number of carbonyl (C=O) groups excluding carboxylic acids is 1. The summed E-state index contributed by atoms with van der Waals surface area (Å²) in [6, 6.07) is 22.5. The highest BCUT2D eigenvalue weighted by Gasteiger charge is 2.31. The van der Waals surface area contributed by atoms with Gasteiger partial charge in [-0.2, -0.15) is 0 Å². The molecule has 6 nitrogen and oxygen atoms in total. The summed E-state index contributed by atoms with van der Waals surface area (Å²) in [7, 11) is 3.88. The minimum absolute atomic E-state index is 0.00560. The maximum Gasteiger partial charge on any atom is 0.251 e. The van der Waals surface area contributed by atoms with E-state index in [0.29, 0.717) is 40.8 Å². The van der Waals surface area contributed by atoms with Crippen molar-refractivity contribution in [3.8, 4) is 0 Å². The van der Waals surface area contributed by atoms with Crippen molar-refractivity contribution in [3.05, 3.63) is 117 Å². The molecule has 0 radical (unpaired) electrons. The number of amides is 1. The number of hydrogen-bond acceptors (Lipinski definition) is 4. The third kappa shape index (κ3) is 7.32. The van der Waals surface area contributed by atoms with Gasteiger partial charge >= 0.3 is 0 Å². The summed E-state index contributed by atoms with van der Waals surface area (Å²) in [5, 5.41) is 3.51. The molecule has 1 saturated heterocycles. The van der Waals surface area contributed by atoms with Gasteiger partial charge in [0, 0.05) is 41.8 Å². The van der Waals surface area contributed by atoms with Crippen LogP contribution in [-0.4, -0.2) is 64.7 Å².